The zero-order valence-corrected chi connectivity index (χ0v) is 13.0. The lowest BCUT2D eigenvalue weighted by Gasteiger charge is -2.35. The standard InChI is InChI=1S/C16H23N3O3/c1-12-10-19(11-13(2)22-12)15(20)9-18-16(21)17-8-14-6-4-3-5-7-14/h3-7,12-13H,8-11H2,1-2H3,(H2,17,18,21)/t12-,13+. The SMILES string of the molecule is C[C@@H]1CN(C(=O)CNC(=O)NCc2ccccc2)C[C@H](C)O1. The molecule has 6 nitrogen and oxygen atoms in total. The first kappa shape index (κ1) is 16.3. The van der Waals surface area contributed by atoms with Crippen molar-refractivity contribution in [3.8, 4) is 0 Å². The topological polar surface area (TPSA) is 70.7 Å². The molecule has 2 atom stereocenters. The highest BCUT2D eigenvalue weighted by Gasteiger charge is 2.25. The van der Waals surface area contributed by atoms with Crippen LogP contribution in [-0.4, -0.2) is 48.7 Å². The van der Waals surface area contributed by atoms with Crippen LogP contribution in [0.25, 0.3) is 0 Å². The Kier molecular flexibility index (Phi) is 5.77. The predicted molar refractivity (Wildman–Crippen MR) is 83.3 cm³/mol. The molecule has 2 rings (SSSR count). The molecule has 0 aliphatic carbocycles. The van der Waals surface area contributed by atoms with Crippen molar-refractivity contribution in [2.75, 3.05) is 19.6 Å². The Labute approximate surface area is 130 Å². The van der Waals surface area contributed by atoms with Crippen molar-refractivity contribution in [1.82, 2.24) is 15.5 Å². The van der Waals surface area contributed by atoms with Gasteiger partial charge in [-0.25, -0.2) is 4.79 Å². The van der Waals surface area contributed by atoms with Gasteiger partial charge in [0.2, 0.25) is 5.91 Å². The largest absolute Gasteiger partial charge is 0.372 e. The molecule has 0 saturated carbocycles. The van der Waals surface area contributed by atoms with Crippen LogP contribution in [0, 0.1) is 0 Å². The third-order valence-electron chi connectivity index (χ3n) is 3.47. The lowest BCUT2D eigenvalue weighted by atomic mass is 10.2. The van der Waals surface area contributed by atoms with Crippen LogP contribution in [-0.2, 0) is 16.1 Å². The van der Waals surface area contributed by atoms with Gasteiger partial charge >= 0.3 is 6.03 Å². The number of urea groups is 1. The van der Waals surface area contributed by atoms with Gasteiger partial charge in [0.25, 0.3) is 0 Å². The van der Waals surface area contributed by atoms with Crippen molar-refractivity contribution in [2.24, 2.45) is 0 Å². The van der Waals surface area contributed by atoms with E-state index >= 15 is 0 Å². The Morgan fingerprint density at radius 3 is 2.41 bits per heavy atom. The molecule has 120 valence electrons. The third kappa shape index (κ3) is 5.04. The van der Waals surface area contributed by atoms with E-state index in [4.69, 9.17) is 4.74 Å². The molecule has 0 radical (unpaired) electrons. The zero-order valence-electron chi connectivity index (χ0n) is 13.0. The van der Waals surface area contributed by atoms with Gasteiger partial charge in [0.05, 0.1) is 18.8 Å². The van der Waals surface area contributed by atoms with E-state index in [9.17, 15) is 9.59 Å². The van der Waals surface area contributed by atoms with Crippen molar-refractivity contribution in [3.63, 3.8) is 0 Å². The average Bonchev–Trinajstić information content (AvgIpc) is 2.50. The second-order valence-electron chi connectivity index (χ2n) is 5.58. The molecule has 1 heterocycles. The van der Waals surface area contributed by atoms with Gasteiger partial charge in [0, 0.05) is 19.6 Å². The van der Waals surface area contributed by atoms with Crippen molar-refractivity contribution < 1.29 is 14.3 Å². The fourth-order valence-corrected chi connectivity index (χ4v) is 2.49. The Hall–Kier alpha value is -2.08. The van der Waals surface area contributed by atoms with E-state index in [2.05, 4.69) is 10.6 Å². The van der Waals surface area contributed by atoms with Gasteiger partial charge in [0.15, 0.2) is 0 Å². The maximum absolute atomic E-state index is 12.1. The fourth-order valence-electron chi connectivity index (χ4n) is 2.49. The maximum atomic E-state index is 12.1. The molecule has 0 aromatic heterocycles. The predicted octanol–water partition coefficient (Wildman–Crippen LogP) is 1.12. The molecule has 2 N–H and O–H groups in total. The summed E-state index contributed by atoms with van der Waals surface area (Å²) in [6.07, 6.45) is 0.0548. The van der Waals surface area contributed by atoms with Crippen LogP contribution in [0.15, 0.2) is 30.3 Å². The summed E-state index contributed by atoms with van der Waals surface area (Å²) in [5, 5.41) is 5.33. The molecule has 22 heavy (non-hydrogen) atoms. The highest BCUT2D eigenvalue weighted by Crippen LogP contribution is 2.10. The molecule has 0 bridgehead atoms. The summed E-state index contributed by atoms with van der Waals surface area (Å²) >= 11 is 0. The number of amides is 3. The first-order chi connectivity index (χ1) is 10.5. The van der Waals surface area contributed by atoms with Crippen LogP contribution in [0.5, 0.6) is 0 Å². The molecule has 1 aromatic carbocycles. The molecule has 1 aromatic rings. The third-order valence-corrected chi connectivity index (χ3v) is 3.47. The van der Waals surface area contributed by atoms with E-state index in [0.717, 1.165) is 5.56 Å². The second kappa shape index (κ2) is 7.79. The molecule has 1 fully saturated rings. The summed E-state index contributed by atoms with van der Waals surface area (Å²) in [6, 6.07) is 9.28. The van der Waals surface area contributed by atoms with E-state index in [1.54, 1.807) is 4.90 Å². The Morgan fingerprint density at radius 1 is 1.14 bits per heavy atom. The van der Waals surface area contributed by atoms with Gasteiger partial charge in [-0.05, 0) is 19.4 Å². The smallest absolute Gasteiger partial charge is 0.315 e. The van der Waals surface area contributed by atoms with Gasteiger partial charge in [-0.3, -0.25) is 4.79 Å². The van der Waals surface area contributed by atoms with Gasteiger partial charge < -0.3 is 20.3 Å². The normalized spacial score (nSPS) is 21.3. The molecule has 6 heteroatoms. The van der Waals surface area contributed by atoms with Gasteiger partial charge in [-0.15, -0.1) is 0 Å². The molecule has 0 unspecified atom stereocenters. The van der Waals surface area contributed by atoms with E-state index in [1.807, 2.05) is 44.2 Å². The number of nitrogens with one attached hydrogen (secondary N) is 2. The molecular weight excluding hydrogens is 282 g/mol. The fraction of sp³-hybridized carbons (Fsp3) is 0.500. The number of hydrogen-bond donors (Lipinski definition) is 2. The first-order valence-corrected chi connectivity index (χ1v) is 7.53. The van der Waals surface area contributed by atoms with Crippen LogP contribution in [0.4, 0.5) is 4.79 Å². The summed E-state index contributed by atoms with van der Waals surface area (Å²) in [6.45, 7) is 5.45. The van der Waals surface area contributed by atoms with E-state index in [1.165, 1.54) is 0 Å². The molecule has 1 aliphatic rings. The molecular formula is C16H23N3O3. The summed E-state index contributed by atoms with van der Waals surface area (Å²) in [4.78, 5) is 25.5. The van der Waals surface area contributed by atoms with Gasteiger partial charge in [-0.2, -0.15) is 0 Å². The number of nitrogens with zero attached hydrogens (tertiary/aromatic N) is 1. The molecule has 0 spiro atoms. The second-order valence-corrected chi connectivity index (χ2v) is 5.58. The van der Waals surface area contributed by atoms with Crippen LogP contribution in [0.1, 0.15) is 19.4 Å². The summed E-state index contributed by atoms with van der Waals surface area (Å²) in [7, 11) is 0. The maximum Gasteiger partial charge on any atom is 0.315 e. The van der Waals surface area contributed by atoms with Crippen LogP contribution >= 0.6 is 0 Å². The minimum atomic E-state index is -0.341. The quantitative estimate of drug-likeness (QED) is 0.876. The number of hydrogen-bond acceptors (Lipinski definition) is 3. The first-order valence-electron chi connectivity index (χ1n) is 7.53. The Bertz CT molecular complexity index is 497. The van der Waals surface area contributed by atoms with Crippen molar-refractivity contribution >= 4 is 11.9 Å². The Morgan fingerprint density at radius 2 is 1.77 bits per heavy atom. The van der Waals surface area contributed by atoms with Crippen molar-refractivity contribution in [1.29, 1.82) is 0 Å². The average molecular weight is 305 g/mol. The van der Waals surface area contributed by atoms with E-state index in [0.29, 0.717) is 19.6 Å². The van der Waals surface area contributed by atoms with Crippen LogP contribution in [0.2, 0.25) is 0 Å². The molecule has 1 saturated heterocycles. The number of benzene rings is 1. The minimum Gasteiger partial charge on any atom is -0.372 e. The molecule has 3 amide bonds. The highest BCUT2D eigenvalue weighted by molar-refractivity contribution is 5.84. The Balaban J connectivity index is 1.70. The summed E-state index contributed by atoms with van der Waals surface area (Å²) in [5.74, 6) is -0.0862. The zero-order chi connectivity index (χ0) is 15.9. The van der Waals surface area contributed by atoms with E-state index in [-0.39, 0.29) is 30.7 Å². The van der Waals surface area contributed by atoms with Crippen molar-refractivity contribution in [3.05, 3.63) is 35.9 Å². The van der Waals surface area contributed by atoms with E-state index < -0.39 is 0 Å². The summed E-state index contributed by atoms with van der Waals surface area (Å²) < 4.78 is 5.59. The lowest BCUT2D eigenvalue weighted by Crippen LogP contribution is -2.51. The number of rotatable bonds is 4. The minimum absolute atomic E-state index is 0.0000625. The molecule has 1 aliphatic heterocycles. The number of carbonyl (C=O) groups is 2. The number of ether oxygens (including phenoxy) is 1. The number of carbonyl (C=O) groups excluding carboxylic acids is 2. The van der Waals surface area contributed by atoms with Crippen molar-refractivity contribution in [2.45, 2.75) is 32.6 Å². The summed E-state index contributed by atoms with van der Waals surface area (Å²) in [5.41, 5.74) is 1.01. The lowest BCUT2D eigenvalue weighted by molar-refractivity contribution is -0.142. The highest BCUT2D eigenvalue weighted by atomic mass is 16.5. The van der Waals surface area contributed by atoms with Crippen LogP contribution in [0.3, 0.4) is 0 Å². The van der Waals surface area contributed by atoms with Gasteiger partial charge in [-0.1, -0.05) is 30.3 Å². The van der Waals surface area contributed by atoms with Gasteiger partial charge in [0.1, 0.15) is 0 Å². The monoisotopic (exact) mass is 305 g/mol. The van der Waals surface area contributed by atoms with Crippen LogP contribution < -0.4 is 10.6 Å². The number of morpholine rings is 1.